The predicted molar refractivity (Wildman–Crippen MR) is 99.6 cm³/mol. The molecule has 1 aliphatic heterocycles. The Morgan fingerprint density at radius 1 is 1.25 bits per heavy atom. The van der Waals surface area contributed by atoms with Crippen LogP contribution in [-0.4, -0.2) is 23.9 Å². The third kappa shape index (κ3) is 4.02. The van der Waals surface area contributed by atoms with Crippen LogP contribution in [0.25, 0.3) is 10.8 Å². The number of aromatic hydroxyl groups is 1. The summed E-state index contributed by atoms with van der Waals surface area (Å²) in [5.74, 6) is 0.796. The highest BCUT2D eigenvalue weighted by Gasteiger charge is 2.14. The topological polar surface area (TPSA) is 82.1 Å². The SMILES string of the molecule is N=C(/C=C\C(N)c1cc2ccccc2cc1O)CC1CCNCC1. The van der Waals surface area contributed by atoms with Gasteiger partial charge in [-0.15, -0.1) is 0 Å². The standard InChI is InChI=1S/C20H25N3O/c21-17(11-14-7-9-23-10-8-14)5-6-19(22)18-12-15-3-1-2-4-16(15)13-20(18)24/h1-6,12-14,19,21,23-24H,7-11,22H2/b6-5-,21-17?. The van der Waals surface area contributed by atoms with Crippen LogP contribution >= 0.6 is 0 Å². The van der Waals surface area contributed by atoms with Gasteiger partial charge in [0.05, 0.1) is 6.04 Å². The average molecular weight is 323 g/mol. The van der Waals surface area contributed by atoms with Gasteiger partial charge in [0.1, 0.15) is 5.75 Å². The Bertz CT molecular complexity index is 748. The summed E-state index contributed by atoms with van der Waals surface area (Å²) in [5, 5.41) is 23.8. The largest absolute Gasteiger partial charge is 0.508 e. The molecule has 0 amide bonds. The van der Waals surface area contributed by atoms with Crippen molar-refractivity contribution in [3.8, 4) is 5.75 Å². The van der Waals surface area contributed by atoms with Crippen molar-refractivity contribution in [3.05, 3.63) is 54.1 Å². The number of hydrogen-bond acceptors (Lipinski definition) is 4. The fourth-order valence-electron chi connectivity index (χ4n) is 3.30. The summed E-state index contributed by atoms with van der Waals surface area (Å²) in [6.07, 6.45) is 6.67. The molecule has 4 heteroatoms. The fourth-order valence-corrected chi connectivity index (χ4v) is 3.30. The number of phenols is 1. The zero-order chi connectivity index (χ0) is 16.9. The first-order valence-corrected chi connectivity index (χ1v) is 8.57. The van der Waals surface area contributed by atoms with Gasteiger partial charge in [0.25, 0.3) is 0 Å². The molecule has 126 valence electrons. The Labute approximate surface area is 142 Å². The molecule has 1 heterocycles. The van der Waals surface area contributed by atoms with Crippen molar-refractivity contribution in [1.29, 1.82) is 5.41 Å². The summed E-state index contributed by atoms with van der Waals surface area (Å²) in [5.41, 5.74) is 7.52. The lowest BCUT2D eigenvalue weighted by molar-refractivity contribution is 0.384. The summed E-state index contributed by atoms with van der Waals surface area (Å²) in [7, 11) is 0. The van der Waals surface area contributed by atoms with Crippen molar-refractivity contribution in [2.45, 2.75) is 25.3 Å². The zero-order valence-corrected chi connectivity index (χ0v) is 13.8. The summed E-state index contributed by atoms with van der Waals surface area (Å²) in [6.45, 7) is 2.10. The number of piperidine rings is 1. The molecule has 0 aliphatic carbocycles. The molecule has 2 aromatic rings. The van der Waals surface area contributed by atoms with Gasteiger partial charge in [-0.3, -0.25) is 0 Å². The predicted octanol–water partition coefficient (Wildman–Crippen LogP) is 3.51. The van der Waals surface area contributed by atoms with Gasteiger partial charge < -0.3 is 21.6 Å². The van der Waals surface area contributed by atoms with E-state index in [1.54, 1.807) is 12.1 Å². The van der Waals surface area contributed by atoms with Gasteiger partial charge >= 0.3 is 0 Å². The van der Waals surface area contributed by atoms with Gasteiger partial charge in [0.2, 0.25) is 0 Å². The molecule has 1 saturated heterocycles. The van der Waals surface area contributed by atoms with Crippen molar-refractivity contribution < 1.29 is 5.11 Å². The first-order valence-electron chi connectivity index (χ1n) is 8.57. The van der Waals surface area contributed by atoms with Crippen LogP contribution in [-0.2, 0) is 0 Å². The number of fused-ring (bicyclic) bond motifs is 1. The van der Waals surface area contributed by atoms with Gasteiger partial charge in [-0.05, 0) is 67.3 Å². The van der Waals surface area contributed by atoms with Crippen LogP contribution in [0.1, 0.15) is 30.9 Å². The molecule has 24 heavy (non-hydrogen) atoms. The van der Waals surface area contributed by atoms with E-state index in [-0.39, 0.29) is 5.75 Å². The summed E-state index contributed by atoms with van der Waals surface area (Å²) in [6, 6.07) is 11.2. The van der Waals surface area contributed by atoms with E-state index in [0.717, 1.165) is 43.1 Å². The first-order chi connectivity index (χ1) is 11.6. The molecule has 0 bridgehead atoms. The van der Waals surface area contributed by atoms with E-state index in [0.29, 0.717) is 17.2 Å². The second kappa shape index (κ2) is 7.60. The molecule has 1 fully saturated rings. The van der Waals surface area contributed by atoms with Gasteiger partial charge in [-0.25, -0.2) is 0 Å². The maximum absolute atomic E-state index is 10.2. The van der Waals surface area contributed by atoms with Crippen LogP contribution in [0.5, 0.6) is 5.75 Å². The fraction of sp³-hybridized carbons (Fsp3) is 0.350. The van der Waals surface area contributed by atoms with Crippen LogP contribution in [0.3, 0.4) is 0 Å². The molecule has 0 radical (unpaired) electrons. The molecule has 2 aromatic carbocycles. The van der Waals surface area contributed by atoms with Gasteiger partial charge in [-0.2, -0.15) is 0 Å². The second-order valence-electron chi connectivity index (χ2n) is 6.57. The number of hydrogen-bond donors (Lipinski definition) is 4. The minimum absolute atomic E-state index is 0.204. The quantitative estimate of drug-likeness (QED) is 0.636. The molecular formula is C20H25N3O. The van der Waals surface area contributed by atoms with Crippen LogP contribution in [0.15, 0.2) is 48.6 Å². The minimum atomic E-state index is -0.414. The van der Waals surface area contributed by atoms with E-state index < -0.39 is 6.04 Å². The monoisotopic (exact) mass is 323 g/mol. The molecule has 4 nitrogen and oxygen atoms in total. The molecule has 1 unspecified atom stereocenters. The highest BCUT2D eigenvalue weighted by molar-refractivity contribution is 5.92. The molecule has 0 aromatic heterocycles. The van der Waals surface area contributed by atoms with Crippen molar-refractivity contribution >= 4 is 16.5 Å². The van der Waals surface area contributed by atoms with Crippen LogP contribution in [0.4, 0.5) is 0 Å². The van der Waals surface area contributed by atoms with E-state index in [9.17, 15) is 5.11 Å². The molecule has 5 N–H and O–H groups in total. The van der Waals surface area contributed by atoms with Gasteiger partial charge in [-0.1, -0.05) is 30.3 Å². The van der Waals surface area contributed by atoms with Gasteiger partial charge in [0, 0.05) is 11.3 Å². The smallest absolute Gasteiger partial charge is 0.121 e. The average Bonchev–Trinajstić information content (AvgIpc) is 2.60. The Morgan fingerprint density at radius 3 is 2.62 bits per heavy atom. The highest BCUT2D eigenvalue weighted by Crippen LogP contribution is 2.29. The number of nitrogens with one attached hydrogen (secondary N) is 2. The molecule has 1 atom stereocenters. The maximum atomic E-state index is 10.2. The van der Waals surface area contributed by atoms with E-state index in [1.807, 2.05) is 36.4 Å². The third-order valence-electron chi connectivity index (χ3n) is 4.73. The van der Waals surface area contributed by atoms with Crippen molar-refractivity contribution in [2.24, 2.45) is 11.7 Å². The Balaban J connectivity index is 1.68. The third-order valence-corrected chi connectivity index (χ3v) is 4.73. The first kappa shape index (κ1) is 16.7. The number of phenolic OH excluding ortho intramolecular Hbond substituents is 1. The molecule has 1 aliphatic rings. The molecule has 3 rings (SSSR count). The Morgan fingerprint density at radius 2 is 1.92 bits per heavy atom. The Kier molecular flexibility index (Phi) is 5.28. The number of rotatable bonds is 5. The second-order valence-corrected chi connectivity index (χ2v) is 6.57. The number of benzene rings is 2. The zero-order valence-electron chi connectivity index (χ0n) is 13.8. The normalized spacial score (nSPS) is 17.4. The van der Waals surface area contributed by atoms with E-state index in [4.69, 9.17) is 11.1 Å². The van der Waals surface area contributed by atoms with Crippen LogP contribution in [0, 0.1) is 11.3 Å². The van der Waals surface area contributed by atoms with Crippen LogP contribution < -0.4 is 11.1 Å². The van der Waals surface area contributed by atoms with Crippen LogP contribution in [0.2, 0.25) is 0 Å². The Hall–Kier alpha value is -2.17. The molecule has 0 saturated carbocycles. The maximum Gasteiger partial charge on any atom is 0.121 e. The highest BCUT2D eigenvalue weighted by atomic mass is 16.3. The summed E-state index contributed by atoms with van der Waals surface area (Å²) < 4.78 is 0. The summed E-state index contributed by atoms with van der Waals surface area (Å²) >= 11 is 0. The van der Waals surface area contributed by atoms with E-state index in [2.05, 4.69) is 5.32 Å². The van der Waals surface area contributed by atoms with E-state index in [1.165, 1.54) is 0 Å². The lowest BCUT2D eigenvalue weighted by Crippen LogP contribution is -2.28. The molecular weight excluding hydrogens is 298 g/mol. The van der Waals surface area contributed by atoms with Crippen molar-refractivity contribution in [2.75, 3.05) is 13.1 Å². The van der Waals surface area contributed by atoms with E-state index >= 15 is 0 Å². The lowest BCUT2D eigenvalue weighted by Gasteiger charge is -2.22. The summed E-state index contributed by atoms with van der Waals surface area (Å²) in [4.78, 5) is 0. The van der Waals surface area contributed by atoms with Gasteiger partial charge in [0.15, 0.2) is 0 Å². The molecule has 0 spiro atoms. The lowest BCUT2D eigenvalue weighted by atomic mass is 9.92. The minimum Gasteiger partial charge on any atom is -0.508 e. The number of allylic oxidation sites excluding steroid dienone is 1. The van der Waals surface area contributed by atoms with Crippen molar-refractivity contribution in [1.82, 2.24) is 5.32 Å². The number of nitrogens with two attached hydrogens (primary N) is 1. The van der Waals surface area contributed by atoms with Crippen molar-refractivity contribution in [3.63, 3.8) is 0 Å².